The number of halogens is 4. The van der Waals surface area contributed by atoms with Crippen LogP contribution in [0.25, 0.3) is 11.1 Å². The highest BCUT2D eigenvalue weighted by molar-refractivity contribution is 6.33. The van der Waals surface area contributed by atoms with Gasteiger partial charge in [-0.2, -0.15) is 18.4 Å². The Bertz CT molecular complexity index is 2680. The van der Waals surface area contributed by atoms with Crippen LogP contribution in [0.1, 0.15) is 33.6 Å². The summed E-state index contributed by atoms with van der Waals surface area (Å²) in [5.74, 6) is -2.73. The van der Waals surface area contributed by atoms with Crippen LogP contribution in [0.5, 0.6) is 5.75 Å². The lowest BCUT2D eigenvalue weighted by molar-refractivity contribution is -0.141. The van der Waals surface area contributed by atoms with Crippen LogP contribution in [-0.4, -0.2) is 292 Å². The topological polar surface area (TPSA) is 326 Å². The Labute approximate surface area is 526 Å². The average Bonchev–Trinajstić information content (AvgIpc) is 0.873. The highest BCUT2D eigenvalue weighted by Crippen LogP contribution is 2.36. The first-order valence-electron chi connectivity index (χ1n) is 29.4. The molecule has 3 amide bonds. The van der Waals surface area contributed by atoms with Gasteiger partial charge in [-0.15, -0.1) is 0 Å². The second kappa shape index (κ2) is 43.5. The fourth-order valence-electron chi connectivity index (χ4n) is 8.87. The molecule has 502 valence electrons. The number of amides is 3. The molecule has 0 radical (unpaired) electrons. The van der Waals surface area contributed by atoms with Crippen molar-refractivity contribution in [3.05, 3.63) is 76.1 Å². The summed E-state index contributed by atoms with van der Waals surface area (Å²) in [6, 6.07) is 11.8. The van der Waals surface area contributed by atoms with Crippen LogP contribution >= 0.6 is 11.6 Å². The van der Waals surface area contributed by atoms with Gasteiger partial charge in [0.25, 0.3) is 5.91 Å². The molecule has 2 aromatic carbocycles. The first-order valence-corrected chi connectivity index (χ1v) is 29.8. The van der Waals surface area contributed by atoms with Gasteiger partial charge in [0.2, 0.25) is 11.8 Å². The lowest BCUT2D eigenvalue weighted by Crippen LogP contribution is -2.50. The Hall–Kier alpha value is -6.25. The molecule has 27 nitrogen and oxygen atoms in total. The summed E-state index contributed by atoms with van der Waals surface area (Å²) in [5.41, 5.74) is -0.125. The van der Waals surface area contributed by atoms with E-state index in [9.17, 15) is 62.8 Å². The van der Waals surface area contributed by atoms with Crippen LogP contribution < -0.4 is 20.3 Å². The van der Waals surface area contributed by atoms with E-state index < -0.39 is 36.0 Å². The number of aryl methyl sites for hydroxylation is 1. The number of aliphatic hydroxyl groups excluding tert-OH is 1. The van der Waals surface area contributed by atoms with Gasteiger partial charge in [0, 0.05) is 107 Å². The number of β-amino-alcohol motifs (C(OH)–C–C–N with tert-alkyl or cyclic N) is 2. The van der Waals surface area contributed by atoms with Gasteiger partial charge >= 0.3 is 18.1 Å². The molecule has 0 atom stereocenters. The van der Waals surface area contributed by atoms with E-state index in [4.69, 9.17) is 54.2 Å². The molecule has 0 saturated carbocycles. The van der Waals surface area contributed by atoms with E-state index in [0.717, 1.165) is 6.20 Å². The van der Waals surface area contributed by atoms with E-state index in [-0.39, 0.29) is 105 Å². The number of nitrogens with one attached hydrogen (secondary N) is 2. The van der Waals surface area contributed by atoms with Crippen molar-refractivity contribution >= 4 is 46.9 Å². The van der Waals surface area contributed by atoms with Crippen LogP contribution in [0.4, 0.5) is 18.9 Å². The quantitative estimate of drug-likeness (QED) is 0.0347. The zero-order valence-corrected chi connectivity index (χ0v) is 51.7. The van der Waals surface area contributed by atoms with Gasteiger partial charge in [-0.3, -0.25) is 48.6 Å². The van der Waals surface area contributed by atoms with Crippen molar-refractivity contribution in [2.45, 2.75) is 25.8 Å². The van der Waals surface area contributed by atoms with Crippen molar-refractivity contribution in [2.24, 2.45) is 0 Å². The summed E-state index contributed by atoms with van der Waals surface area (Å²) >= 11 is 6.40. The number of aliphatic carboxylic acids is 2. The molecule has 31 heteroatoms. The number of carbonyl (C=O) groups is 5. The van der Waals surface area contributed by atoms with Gasteiger partial charge in [0.1, 0.15) is 11.4 Å². The zero-order valence-electron chi connectivity index (χ0n) is 51.0. The van der Waals surface area contributed by atoms with Crippen molar-refractivity contribution in [3.8, 4) is 22.9 Å². The Morgan fingerprint density at radius 1 is 0.633 bits per heavy atom. The van der Waals surface area contributed by atoms with Crippen LogP contribution in [0, 0.1) is 18.3 Å². The molecule has 1 aliphatic heterocycles. The van der Waals surface area contributed by atoms with Crippen molar-refractivity contribution < 1.29 is 100 Å². The molecule has 4 rings (SSSR count). The summed E-state index contributed by atoms with van der Waals surface area (Å²) in [5, 5.41) is 53.4. The summed E-state index contributed by atoms with van der Waals surface area (Å²) in [6.45, 7) is 10.1. The van der Waals surface area contributed by atoms with Gasteiger partial charge in [-0.1, -0.05) is 23.7 Å². The van der Waals surface area contributed by atoms with Crippen molar-refractivity contribution in [3.63, 3.8) is 0 Å². The molecule has 6 N–H and O–H groups in total. The van der Waals surface area contributed by atoms with E-state index in [0.29, 0.717) is 168 Å². The molecule has 90 heavy (non-hydrogen) atoms. The van der Waals surface area contributed by atoms with Crippen LogP contribution in [0.2, 0.25) is 5.02 Å². The van der Waals surface area contributed by atoms with Gasteiger partial charge in [0.05, 0.1) is 156 Å². The molecule has 0 unspecified atom stereocenters. The lowest BCUT2D eigenvalue weighted by atomic mass is 9.99. The van der Waals surface area contributed by atoms with Crippen LogP contribution in [-0.2, 0) is 63.2 Å². The molecule has 3 aromatic rings. The van der Waals surface area contributed by atoms with E-state index in [1.54, 1.807) is 45.9 Å². The summed E-state index contributed by atoms with van der Waals surface area (Å²) in [7, 11) is 1.53. The number of ether oxygens (including phenoxy) is 9. The predicted molar refractivity (Wildman–Crippen MR) is 320 cm³/mol. The van der Waals surface area contributed by atoms with Crippen LogP contribution in [0.3, 0.4) is 0 Å². The predicted octanol–water partition coefficient (Wildman–Crippen LogP) is 1.71. The number of carbonyl (C=O) groups excluding carboxylic acids is 3. The van der Waals surface area contributed by atoms with E-state index in [2.05, 4.69) is 15.6 Å². The van der Waals surface area contributed by atoms with Gasteiger partial charge in [-0.05, 0) is 42.8 Å². The normalized spacial score (nSPS) is 14.2. The number of aliphatic hydroxyl groups is 2. The zero-order chi connectivity index (χ0) is 65.5. The fraction of sp³-hybridized carbons (Fsp3) is 0.610. The maximum absolute atomic E-state index is 13.8. The highest BCUT2D eigenvalue weighted by atomic mass is 35.5. The fourth-order valence-corrected chi connectivity index (χ4v) is 9.09. The number of carboxylic acids is 2. The number of hydrogen-bond acceptors (Lipinski definition) is 22. The Kier molecular flexibility index (Phi) is 36.8. The minimum absolute atomic E-state index is 0.00267. The van der Waals surface area contributed by atoms with Crippen LogP contribution in [0.15, 0.2) is 48.7 Å². The van der Waals surface area contributed by atoms with Crippen molar-refractivity contribution in [2.75, 3.05) is 216 Å². The molecule has 1 saturated heterocycles. The summed E-state index contributed by atoms with van der Waals surface area (Å²) in [6.07, 6.45) is -5.44. The molecule has 1 aromatic heterocycles. The van der Waals surface area contributed by atoms with E-state index in [1.807, 2.05) is 4.90 Å². The van der Waals surface area contributed by atoms with E-state index in [1.165, 1.54) is 30.1 Å². The molecule has 0 bridgehead atoms. The average molecular weight is 1300 g/mol. The smallest absolute Gasteiger partial charge is 0.433 e. The highest BCUT2D eigenvalue weighted by Gasteiger charge is 2.33. The first-order chi connectivity index (χ1) is 43.2. The Morgan fingerprint density at radius 3 is 1.52 bits per heavy atom. The molecule has 0 spiro atoms. The number of carboxylic acid groups (broad SMARTS) is 2. The second-order valence-electron chi connectivity index (χ2n) is 20.3. The monoisotopic (exact) mass is 1300 g/mol. The number of hydrogen-bond donors (Lipinski definition) is 6. The SMILES string of the molecule is Cc1cccc(OCCC(=O)NCCOCCOCCOCCOCCOCCOCCOCCOCCNC(=O)CN2CCN(CC(=O)O)CCN(CC(=O)O)CCN(CC(O)O)CC2)c1N(C)C(=O)c1ccc(Cl)c(-c2cnc(C(F)(F)F)cc2C#N)c1. The maximum Gasteiger partial charge on any atom is 0.433 e. The Balaban J connectivity index is 0.924. The third-order valence-corrected chi connectivity index (χ3v) is 13.8. The van der Waals surface area contributed by atoms with Gasteiger partial charge in [-0.25, -0.2) is 0 Å². The molecular formula is C59H85ClF3N9O18. The van der Waals surface area contributed by atoms with Gasteiger partial charge < -0.3 is 78.6 Å². The number of nitriles is 1. The number of anilines is 1. The molecule has 2 heterocycles. The number of alkyl halides is 3. The number of nitrogens with zero attached hydrogens (tertiary/aromatic N) is 7. The van der Waals surface area contributed by atoms with Crippen molar-refractivity contribution in [1.82, 2.24) is 35.2 Å². The largest absolute Gasteiger partial charge is 0.491 e. The number of benzene rings is 2. The third-order valence-electron chi connectivity index (χ3n) is 13.4. The molecular weight excluding hydrogens is 1220 g/mol. The molecule has 1 aliphatic rings. The first kappa shape index (κ1) is 76.2. The molecule has 1 fully saturated rings. The number of rotatable bonds is 42. The minimum Gasteiger partial charge on any atom is -0.491 e. The standard InChI is InChI=1S/C59H85ClF3N9O18/c1-44-4-3-5-50(57(44)68(2)58(81)45-6-7-49(60)47(36-45)48-39-67-51(59(61,62)63)37-46(48)38-64)90-19-8-52(73)65-9-20-82-22-24-84-26-28-86-30-32-88-34-35-89-33-31-87-29-27-85-25-23-83-21-10-66-53(74)40-69-11-13-70(41-54(75)76)15-17-72(43-56(79)80)18-16-71(14-12-69)42-55(77)78/h3-7,36-37,39,54,75-76H,8-35,40-43H2,1-2H3,(H,65,73)(H,66,74)(H,77,78)(H,79,80). The number of pyridine rings is 1. The third kappa shape index (κ3) is 31.2. The van der Waals surface area contributed by atoms with Crippen molar-refractivity contribution in [1.29, 1.82) is 5.26 Å². The summed E-state index contributed by atoms with van der Waals surface area (Å²) < 4.78 is 90.1. The maximum atomic E-state index is 13.8. The second-order valence-corrected chi connectivity index (χ2v) is 20.7. The molecule has 0 aliphatic carbocycles. The number of aromatic nitrogens is 1. The van der Waals surface area contributed by atoms with E-state index >= 15 is 0 Å². The summed E-state index contributed by atoms with van der Waals surface area (Å²) in [4.78, 5) is 74.0. The lowest BCUT2D eigenvalue weighted by Gasteiger charge is -2.33. The van der Waals surface area contributed by atoms with Gasteiger partial charge in [0.15, 0.2) is 6.29 Å². The number of para-hydroxylation sites is 1. The minimum atomic E-state index is -4.76. The Morgan fingerprint density at radius 2 is 1.08 bits per heavy atom.